The Hall–Kier alpha value is -0.580. The van der Waals surface area contributed by atoms with E-state index in [4.69, 9.17) is 18.9 Å². The SMILES string of the molecule is C=C1CC[C@]2(OC1)O[C@H]1C[C@H]3[C@@H]4CC[C@H]5C[C@@H](O)C[C@@H](O[C@@H]6O[C@H](C)[C@H](O)[C@H](O)[C@H]6O)[C@]5(C)[C@H]4CC[C@]3(C)[C@H]1[C@@H]2C. The zero-order chi connectivity index (χ0) is 29.1. The Bertz CT molecular complexity index is 1020. The van der Waals surface area contributed by atoms with Gasteiger partial charge in [0, 0.05) is 18.8 Å². The van der Waals surface area contributed by atoms with Crippen LogP contribution in [0.1, 0.15) is 85.5 Å². The summed E-state index contributed by atoms with van der Waals surface area (Å²) in [6.07, 6.45) is 2.71. The van der Waals surface area contributed by atoms with E-state index in [1.165, 1.54) is 12.0 Å². The van der Waals surface area contributed by atoms with Crippen molar-refractivity contribution in [3.8, 4) is 0 Å². The second-order valence-corrected chi connectivity index (χ2v) is 15.5. The highest BCUT2D eigenvalue weighted by Gasteiger charge is 2.70. The van der Waals surface area contributed by atoms with Crippen molar-refractivity contribution in [1.82, 2.24) is 0 Å². The molecule has 0 aromatic rings. The Morgan fingerprint density at radius 2 is 1.68 bits per heavy atom. The fraction of sp³-hybridized carbons (Fsp3) is 0.939. The van der Waals surface area contributed by atoms with Crippen molar-refractivity contribution in [2.24, 2.45) is 46.3 Å². The predicted molar refractivity (Wildman–Crippen MR) is 150 cm³/mol. The number of fused-ring (bicyclic) bond motifs is 7. The van der Waals surface area contributed by atoms with Crippen LogP contribution in [0.5, 0.6) is 0 Å². The highest BCUT2D eigenvalue weighted by Crippen LogP contribution is 2.71. The summed E-state index contributed by atoms with van der Waals surface area (Å²) in [5.74, 6) is 2.30. The molecular weight excluding hydrogens is 524 g/mol. The molecule has 7 rings (SSSR count). The number of hydrogen-bond acceptors (Lipinski definition) is 8. The minimum absolute atomic E-state index is 0.172. The molecule has 0 aromatic heterocycles. The van der Waals surface area contributed by atoms with E-state index in [1.807, 2.05) is 0 Å². The summed E-state index contributed by atoms with van der Waals surface area (Å²) >= 11 is 0. The number of rotatable bonds is 2. The molecule has 3 saturated heterocycles. The molecule has 3 aliphatic heterocycles. The molecule has 41 heavy (non-hydrogen) atoms. The van der Waals surface area contributed by atoms with Gasteiger partial charge in [0.25, 0.3) is 0 Å². The first-order chi connectivity index (χ1) is 19.4. The summed E-state index contributed by atoms with van der Waals surface area (Å²) in [5.41, 5.74) is 1.20. The third-order valence-corrected chi connectivity index (χ3v) is 13.8. The molecule has 0 radical (unpaired) electrons. The van der Waals surface area contributed by atoms with Crippen LogP contribution in [0.4, 0.5) is 0 Å². The first-order valence-corrected chi connectivity index (χ1v) is 16.4. The van der Waals surface area contributed by atoms with Gasteiger partial charge in [-0.3, -0.25) is 0 Å². The molecule has 7 fully saturated rings. The van der Waals surface area contributed by atoms with Crippen LogP contribution in [-0.2, 0) is 18.9 Å². The number of hydrogen-bond donors (Lipinski definition) is 4. The van der Waals surface area contributed by atoms with Gasteiger partial charge in [0.2, 0.25) is 0 Å². The molecule has 232 valence electrons. The summed E-state index contributed by atoms with van der Waals surface area (Å²) in [7, 11) is 0. The highest BCUT2D eigenvalue weighted by molar-refractivity contribution is 5.17. The van der Waals surface area contributed by atoms with Crippen molar-refractivity contribution < 1.29 is 39.4 Å². The molecule has 4 aliphatic carbocycles. The van der Waals surface area contributed by atoms with Gasteiger partial charge in [-0.05, 0) is 92.3 Å². The largest absolute Gasteiger partial charge is 0.393 e. The number of ether oxygens (including phenoxy) is 4. The van der Waals surface area contributed by atoms with Gasteiger partial charge in [0.15, 0.2) is 12.1 Å². The Morgan fingerprint density at radius 3 is 2.41 bits per heavy atom. The molecule has 0 bridgehead atoms. The summed E-state index contributed by atoms with van der Waals surface area (Å²) in [5, 5.41) is 42.4. The van der Waals surface area contributed by atoms with Crippen LogP contribution in [0, 0.1) is 46.3 Å². The van der Waals surface area contributed by atoms with E-state index in [1.54, 1.807) is 6.92 Å². The molecule has 0 unspecified atom stereocenters. The lowest BCUT2D eigenvalue weighted by Gasteiger charge is -2.63. The second kappa shape index (κ2) is 9.96. The monoisotopic (exact) mass is 576 g/mol. The lowest BCUT2D eigenvalue weighted by atomic mass is 9.43. The molecule has 4 N–H and O–H groups in total. The smallest absolute Gasteiger partial charge is 0.186 e. The van der Waals surface area contributed by atoms with Crippen molar-refractivity contribution in [3.63, 3.8) is 0 Å². The molecule has 3 heterocycles. The molecule has 8 nitrogen and oxygen atoms in total. The van der Waals surface area contributed by atoms with E-state index in [0.717, 1.165) is 44.9 Å². The summed E-state index contributed by atoms with van der Waals surface area (Å²) < 4.78 is 25.8. The maximum atomic E-state index is 10.9. The Balaban J connectivity index is 1.14. The zero-order valence-electron chi connectivity index (χ0n) is 25.3. The lowest BCUT2D eigenvalue weighted by Crippen LogP contribution is -2.63. The van der Waals surface area contributed by atoms with Crippen LogP contribution >= 0.6 is 0 Å². The number of aliphatic hydroxyl groups is 4. The maximum absolute atomic E-state index is 10.9. The normalized spacial score (nSPS) is 60.3. The fourth-order valence-electron chi connectivity index (χ4n) is 11.6. The van der Waals surface area contributed by atoms with Crippen molar-refractivity contribution in [1.29, 1.82) is 0 Å². The Kier molecular flexibility index (Phi) is 7.08. The van der Waals surface area contributed by atoms with Gasteiger partial charge < -0.3 is 39.4 Å². The average Bonchev–Trinajstić information content (AvgIpc) is 3.38. The quantitative estimate of drug-likeness (QED) is 0.369. The molecular formula is C33H52O8. The number of aliphatic hydroxyl groups excluding tert-OH is 4. The van der Waals surface area contributed by atoms with Gasteiger partial charge in [0.05, 0.1) is 31.0 Å². The molecule has 0 aromatic carbocycles. The van der Waals surface area contributed by atoms with E-state index in [2.05, 4.69) is 27.4 Å². The van der Waals surface area contributed by atoms with E-state index in [0.29, 0.717) is 48.5 Å². The Morgan fingerprint density at radius 1 is 0.902 bits per heavy atom. The topological polar surface area (TPSA) is 118 Å². The molecule has 17 atom stereocenters. The van der Waals surface area contributed by atoms with Crippen LogP contribution in [0.25, 0.3) is 0 Å². The van der Waals surface area contributed by atoms with Crippen LogP contribution in [0.2, 0.25) is 0 Å². The zero-order valence-corrected chi connectivity index (χ0v) is 25.3. The van der Waals surface area contributed by atoms with Crippen LogP contribution < -0.4 is 0 Å². The first kappa shape index (κ1) is 29.1. The average molecular weight is 577 g/mol. The minimum atomic E-state index is -1.34. The lowest BCUT2D eigenvalue weighted by molar-refractivity contribution is -0.328. The van der Waals surface area contributed by atoms with Crippen molar-refractivity contribution >= 4 is 0 Å². The van der Waals surface area contributed by atoms with Crippen molar-refractivity contribution in [2.45, 2.75) is 140 Å². The van der Waals surface area contributed by atoms with E-state index in [-0.39, 0.29) is 23.0 Å². The molecule has 8 heteroatoms. The first-order valence-electron chi connectivity index (χ1n) is 16.4. The second-order valence-electron chi connectivity index (χ2n) is 15.5. The fourth-order valence-corrected chi connectivity index (χ4v) is 11.6. The van der Waals surface area contributed by atoms with Gasteiger partial charge in [0.1, 0.15) is 18.3 Å². The minimum Gasteiger partial charge on any atom is -0.393 e. The third-order valence-electron chi connectivity index (χ3n) is 13.8. The summed E-state index contributed by atoms with van der Waals surface area (Å²) in [4.78, 5) is 0. The van der Waals surface area contributed by atoms with Crippen molar-refractivity contribution in [2.75, 3.05) is 6.61 Å². The van der Waals surface area contributed by atoms with Crippen LogP contribution in [0.3, 0.4) is 0 Å². The van der Waals surface area contributed by atoms with Crippen LogP contribution in [-0.4, -0.2) is 81.8 Å². The maximum Gasteiger partial charge on any atom is 0.186 e. The van der Waals surface area contributed by atoms with Crippen LogP contribution in [0.15, 0.2) is 12.2 Å². The molecule has 4 saturated carbocycles. The Labute approximate surface area is 244 Å². The summed E-state index contributed by atoms with van der Waals surface area (Å²) in [6.45, 7) is 13.7. The van der Waals surface area contributed by atoms with Gasteiger partial charge in [-0.15, -0.1) is 0 Å². The third kappa shape index (κ3) is 4.14. The van der Waals surface area contributed by atoms with Gasteiger partial charge >= 0.3 is 0 Å². The predicted octanol–water partition coefficient (Wildman–Crippen LogP) is 3.54. The highest BCUT2D eigenvalue weighted by atomic mass is 16.7. The molecule has 1 spiro atoms. The van der Waals surface area contributed by atoms with Crippen molar-refractivity contribution in [3.05, 3.63) is 12.2 Å². The van der Waals surface area contributed by atoms with E-state index in [9.17, 15) is 20.4 Å². The molecule has 7 aliphatic rings. The van der Waals surface area contributed by atoms with Gasteiger partial charge in [-0.1, -0.05) is 32.9 Å². The van der Waals surface area contributed by atoms with E-state index >= 15 is 0 Å². The molecule has 0 amide bonds. The van der Waals surface area contributed by atoms with Gasteiger partial charge in [-0.2, -0.15) is 0 Å². The summed E-state index contributed by atoms with van der Waals surface area (Å²) in [6, 6.07) is 0. The van der Waals surface area contributed by atoms with Gasteiger partial charge in [-0.25, -0.2) is 0 Å². The standard InChI is InChI=1S/C33H52O8/c1-16-8-11-33(38-15-16)17(2)26-24(41-33)14-23-21-7-6-19-12-20(34)13-25(32(19,5)22(21)9-10-31(23,26)4)40-30-29(37)28(36)27(35)18(3)39-30/h17-30,34-37H,1,6-15H2,2-5H3/t17-,18+,19-,20+,21+,22-,23-,24-,25+,26-,27-,28-,29+,30-,31-,32-,33-/m0/s1. The van der Waals surface area contributed by atoms with E-state index < -0.39 is 42.6 Å².